The molecule has 0 spiro atoms. The number of hydrogen-bond donors (Lipinski definition) is 2. The van der Waals surface area contributed by atoms with Gasteiger partial charge >= 0.3 is 0 Å². The van der Waals surface area contributed by atoms with Crippen LogP contribution in [-0.4, -0.2) is 16.5 Å². The van der Waals surface area contributed by atoms with E-state index in [1.165, 1.54) is 0 Å². The second-order valence-corrected chi connectivity index (χ2v) is 3.73. The largest absolute Gasteiger partial charge is 0.368 e. The summed E-state index contributed by atoms with van der Waals surface area (Å²) in [6.07, 6.45) is 4.74. The first-order valence-electron chi connectivity index (χ1n) is 4.55. The zero-order chi connectivity index (χ0) is 9.56. The smallest absolute Gasteiger partial charge is 0.154 e. The van der Waals surface area contributed by atoms with Gasteiger partial charge in [-0.05, 0) is 18.8 Å². The fourth-order valence-electron chi connectivity index (χ4n) is 0.801. The van der Waals surface area contributed by atoms with Gasteiger partial charge in [0, 0.05) is 5.92 Å². The normalized spacial score (nSPS) is 14.9. The van der Waals surface area contributed by atoms with Gasteiger partial charge in [-0.3, -0.25) is 0 Å². The minimum absolute atomic E-state index is 0.0617. The van der Waals surface area contributed by atoms with Crippen molar-refractivity contribution >= 4 is 0 Å². The summed E-state index contributed by atoms with van der Waals surface area (Å²) in [6.45, 7) is 6.15. The Morgan fingerprint density at radius 2 is 1.50 bits per heavy atom. The van der Waals surface area contributed by atoms with Gasteiger partial charge in [-0.15, -0.1) is 0 Å². The lowest BCUT2D eigenvalue weighted by Gasteiger charge is -2.09. The van der Waals surface area contributed by atoms with E-state index in [0.29, 0.717) is 5.92 Å². The molecular weight excluding hydrogens is 152 g/mol. The Hall–Kier alpha value is -0.340. The van der Waals surface area contributed by atoms with Crippen LogP contribution in [0.1, 0.15) is 33.6 Å². The average molecular weight is 172 g/mol. The molecule has 0 fully saturated rings. The molecule has 1 atom stereocenters. The molecule has 0 radical (unpaired) electrons. The molecule has 0 aromatic heterocycles. The van der Waals surface area contributed by atoms with Crippen molar-refractivity contribution < 1.29 is 10.2 Å². The van der Waals surface area contributed by atoms with E-state index >= 15 is 0 Å². The first-order chi connectivity index (χ1) is 5.54. The van der Waals surface area contributed by atoms with E-state index in [9.17, 15) is 0 Å². The molecule has 0 bridgehead atoms. The summed E-state index contributed by atoms with van der Waals surface area (Å²) in [5.74, 6) is 0.615. The lowest BCUT2D eigenvalue weighted by Crippen LogP contribution is -2.15. The van der Waals surface area contributed by atoms with Gasteiger partial charge in [-0.2, -0.15) is 0 Å². The summed E-state index contributed by atoms with van der Waals surface area (Å²) in [6, 6.07) is 0. The van der Waals surface area contributed by atoms with Gasteiger partial charge in [0.25, 0.3) is 0 Å². The molecule has 2 N–H and O–H groups in total. The van der Waals surface area contributed by atoms with Crippen molar-refractivity contribution in [1.82, 2.24) is 0 Å². The van der Waals surface area contributed by atoms with Gasteiger partial charge < -0.3 is 10.2 Å². The fraction of sp³-hybridized carbons (Fsp3) is 0.800. The topological polar surface area (TPSA) is 40.5 Å². The molecule has 72 valence electrons. The van der Waals surface area contributed by atoms with E-state index in [0.717, 1.165) is 12.8 Å². The monoisotopic (exact) mass is 172 g/mol. The van der Waals surface area contributed by atoms with Gasteiger partial charge in [0.1, 0.15) is 0 Å². The Kier molecular flexibility index (Phi) is 6.03. The summed E-state index contributed by atoms with van der Waals surface area (Å²) < 4.78 is 0. The fourth-order valence-corrected chi connectivity index (χ4v) is 0.801. The van der Waals surface area contributed by atoms with E-state index in [1.54, 1.807) is 0 Å². The SMILES string of the molecule is CC(C)CC=CCC(C)C(O)O. The lowest BCUT2D eigenvalue weighted by molar-refractivity contribution is -0.0773. The Balaban J connectivity index is 3.46. The minimum atomic E-state index is -1.19. The molecule has 0 aromatic rings. The lowest BCUT2D eigenvalue weighted by atomic mass is 10.1. The highest BCUT2D eigenvalue weighted by atomic mass is 16.5. The Labute approximate surface area is 74.9 Å². The van der Waals surface area contributed by atoms with E-state index in [2.05, 4.69) is 19.9 Å². The van der Waals surface area contributed by atoms with Crippen LogP contribution in [0.4, 0.5) is 0 Å². The van der Waals surface area contributed by atoms with Crippen LogP contribution in [0, 0.1) is 11.8 Å². The van der Waals surface area contributed by atoms with Crippen molar-refractivity contribution in [3.8, 4) is 0 Å². The van der Waals surface area contributed by atoms with Crippen LogP contribution in [0.15, 0.2) is 12.2 Å². The maximum atomic E-state index is 8.75. The Morgan fingerprint density at radius 3 is 1.92 bits per heavy atom. The second-order valence-electron chi connectivity index (χ2n) is 3.73. The summed E-state index contributed by atoms with van der Waals surface area (Å²) >= 11 is 0. The van der Waals surface area contributed by atoms with Crippen LogP contribution < -0.4 is 0 Å². The maximum absolute atomic E-state index is 8.75. The summed E-state index contributed by atoms with van der Waals surface area (Å²) in [7, 11) is 0. The molecule has 0 amide bonds. The van der Waals surface area contributed by atoms with Crippen LogP contribution in [-0.2, 0) is 0 Å². The molecule has 2 nitrogen and oxygen atoms in total. The summed E-state index contributed by atoms with van der Waals surface area (Å²) in [5.41, 5.74) is 0. The van der Waals surface area contributed by atoms with E-state index < -0.39 is 6.29 Å². The molecule has 0 heterocycles. The number of aliphatic hydroxyl groups is 2. The minimum Gasteiger partial charge on any atom is -0.368 e. The molecule has 0 rings (SSSR count). The molecule has 0 aliphatic heterocycles. The highest BCUT2D eigenvalue weighted by Crippen LogP contribution is 2.08. The molecule has 0 aliphatic rings. The molecular formula is C10H20O2. The van der Waals surface area contributed by atoms with Crippen molar-refractivity contribution in [2.24, 2.45) is 11.8 Å². The predicted octanol–water partition coefficient (Wildman–Crippen LogP) is 1.93. The number of allylic oxidation sites excluding steroid dienone is 2. The zero-order valence-electron chi connectivity index (χ0n) is 8.20. The standard InChI is InChI=1S/C10H20O2/c1-8(2)6-4-5-7-9(3)10(11)12/h4-5,8-12H,6-7H2,1-3H3. The Bertz CT molecular complexity index is 128. The quantitative estimate of drug-likeness (QED) is 0.491. The predicted molar refractivity (Wildman–Crippen MR) is 50.6 cm³/mol. The molecule has 0 saturated carbocycles. The van der Waals surface area contributed by atoms with Crippen molar-refractivity contribution in [3.63, 3.8) is 0 Å². The van der Waals surface area contributed by atoms with Crippen LogP contribution in [0.2, 0.25) is 0 Å². The number of aliphatic hydroxyl groups excluding tert-OH is 1. The molecule has 0 aliphatic carbocycles. The van der Waals surface area contributed by atoms with E-state index in [4.69, 9.17) is 10.2 Å². The number of rotatable bonds is 5. The molecule has 0 aromatic carbocycles. The third kappa shape index (κ3) is 6.38. The maximum Gasteiger partial charge on any atom is 0.154 e. The van der Waals surface area contributed by atoms with Crippen molar-refractivity contribution in [1.29, 1.82) is 0 Å². The van der Waals surface area contributed by atoms with Gasteiger partial charge in [0.2, 0.25) is 0 Å². The highest BCUT2D eigenvalue weighted by molar-refractivity contribution is 4.84. The van der Waals surface area contributed by atoms with E-state index in [1.807, 2.05) is 13.0 Å². The number of hydrogen-bond acceptors (Lipinski definition) is 2. The molecule has 2 heteroatoms. The molecule has 0 saturated heterocycles. The Morgan fingerprint density at radius 1 is 1.00 bits per heavy atom. The zero-order valence-corrected chi connectivity index (χ0v) is 8.20. The average Bonchev–Trinajstić information content (AvgIpc) is 1.97. The van der Waals surface area contributed by atoms with Crippen molar-refractivity contribution in [2.75, 3.05) is 0 Å². The third-order valence-electron chi connectivity index (χ3n) is 1.79. The second kappa shape index (κ2) is 6.21. The summed E-state index contributed by atoms with van der Waals surface area (Å²) in [4.78, 5) is 0. The van der Waals surface area contributed by atoms with Gasteiger partial charge in [0.15, 0.2) is 6.29 Å². The summed E-state index contributed by atoms with van der Waals surface area (Å²) in [5, 5.41) is 17.5. The van der Waals surface area contributed by atoms with Crippen molar-refractivity contribution in [3.05, 3.63) is 12.2 Å². The van der Waals surface area contributed by atoms with Gasteiger partial charge in [-0.25, -0.2) is 0 Å². The van der Waals surface area contributed by atoms with Crippen LogP contribution in [0.25, 0.3) is 0 Å². The van der Waals surface area contributed by atoms with E-state index in [-0.39, 0.29) is 5.92 Å². The van der Waals surface area contributed by atoms with Gasteiger partial charge in [-0.1, -0.05) is 32.9 Å². The van der Waals surface area contributed by atoms with Crippen LogP contribution in [0.5, 0.6) is 0 Å². The first kappa shape index (κ1) is 11.7. The first-order valence-corrected chi connectivity index (χ1v) is 4.55. The highest BCUT2D eigenvalue weighted by Gasteiger charge is 2.07. The van der Waals surface area contributed by atoms with Gasteiger partial charge in [0.05, 0.1) is 0 Å². The van der Waals surface area contributed by atoms with Crippen molar-refractivity contribution in [2.45, 2.75) is 39.9 Å². The molecule has 12 heavy (non-hydrogen) atoms. The van der Waals surface area contributed by atoms with Crippen LogP contribution in [0.3, 0.4) is 0 Å². The third-order valence-corrected chi connectivity index (χ3v) is 1.79. The van der Waals surface area contributed by atoms with Crippen LogP contribution >= 0.6 is 0 Å². The molecule has 1 unspecified atom stereocenters.